The van der Waals surface area contributed by atoms with Crippen molar-refractivity contribution >= 4 is 28.7 Å². The summed E-state index contributed by atoms with van der Waals surface area (Å²) >= 11 is 0. The molecule has 0 saturated heterocycles. The van der Waals surface area contributed by atoms with E-state index in [0.29, 0.717) is 6.04 Å². The number of fused-ring (bicyclic) bond motifs is 3. The molecule has 1 amide bonds. The van der Waals surface area contributed by atoms with Gasteiger partial charge in [0.2, 0.25) is 5.95 Å². The van der Waals surface area contributed by atoms with Crippen LogP contribution in [0, 0.1) is 6.92 Å². The lowest BCUT2D eigenvalue weighted by atomic mass is 9.94. The zero-order chi connectivity index (χ0) is 24.2. The van der Waals surface area contributed by atoms with E-state index in [9.17, 15) is 4.79 Å². The van der Waals surface area contributed by atoms with Crippen molar-refractivity contribution in [3.8, 4) is 0 Å². The van der Waals surface area contributed by atoms with E-state index in [1.807, 2.05) is 28.8 Å². The van der Waals surface area contributed by atoms with Gasteiger partial charge in [-0.05, 0) is 56.4 Å². The van der Waals surface area contributed by atoms with Gasteiger partial charge in [0, 0.05) is 31.4 Å². The third-order valence-electron chi connectivity index (χ3n) is 7.79. The van der Waals surface area contributed by atoms with Crippen molar-refractivity contribution in [3.05, 3.63) is 54.1 Å². The maximum Gasteiger partial charge on any atom is 0.331 e. The summed E-state index contributed by atoms with van der Waals surface area (Å²) in [6.07, 6.45) is 9.08. The Morgan fingerprint density at radius 2 is 1.80 bits per heavy atom. The molecule has 1 saturated carbocycles. The highest BCUT2D eigenvalue weighted by Crippen LogP contribution is 2.32. The van der Waals surface area contributed by atoms with Gasteiger partial charge in [0.25, 0.3) is 0 Å². The van der Waals surface area contributed by atoms with Gasteiger partial charge >= 0.3 is 6.03 Å². The van der Waals surface area contributed by atoms with Crippen molar-refractivity contribution in [2.24, 2.45) is 0 Å². The van der Waals surface area contributed by atoms with Gasteiger partial charge < -0.3 is 15.1 Å². The number of anilines is 2. The average Bonchev–Trinajstić information content (AvgIpc) is 3.22. The molecule has 6 heteroatoms. The fourth-order valence-electron chi connectivity index (χ4n) is 5.79. The van der Waals surface area contributed by atoms with Crippen molar-refractivity contribution in [3.63, 3.8) is 0 Å². The predicted octanol–water partition coefficient (Wildman–Crippen LogP) is 6.44. The smallest absolute Gasteiger partial charge is 0.331 e. The van der Waals surface area contributed by atoms with Gasteiger partial charge in [-0.25, -0.2) is 14.3 Å². The fraction of sp³-hybridized carbons (Fsp3) is 0.517. The van der Waals surface area contributed by atoms with E-state index in [0.717, 1.165) is 68.7 Å². The first kappa shape index (κ1) is 23.7. The Morgan fingerprint density at radius 1 is 1.03 bits per heavy atom. The molecule has 2 aliphatic rings. The van der Waals surface area contributed by atoms with Crippen LogP contribution < -0.4 is 10.2 Å². The van der Waals surface area contributed by atoms with Crippen LogP contribution >= 0.6 is 0 Å². The summed E-state index contributed by atoms with van der Waals surface area (Å²) in [5.74, 6) is 0.823. The number of imidazole rings is 1. The van der Waals surface area contributed by atoms with Crippen LogP contribution in [0.3, 0.4) is 0 Å². The summed E-state index contributed by atoms with van der Waals surface area (Å²) in [7, 11) is 0. The van der Waals surface area contributed by atoms with Crippen LogP contribution in [-0.4, -0.2) is 52.2 Å². The molecule has 186 valence electrons. The number of carbonyl (C=O) groups excluding carboxylic acids is 1. The Hall–Kier alpha value is -3.02. The molecule has 0 bridgehead atoms. The highest BCUT2D eigenvalue weighted by Gasteiger charge is 2.37. The van der Waals surface area contributed by atoms with E-state index in [1.165, 1.54) is 30.5 Å². The fourth-order valence-corrected chi connectivity index (χ4v) is 5.79. The lowest BCUT2D eigenvalue weighted by Crippen LogP contribution is -2.49. The molecular weight excluding hydrogens is 434 g/mol. The Balaban J connectivity index is 1.50. The van der Waals surface area contributed by atoms with Crippen molar-refractivity contribution in [1.29, 1.82) is 0 Å². The second-order valence-electron chi connectivity index (χ2n) is 10.2. The summed E-state index contributed by atoms with van der Waals surface area (Å²) < 4.78 is 1.91. The summed E-state index contributed by atoms with van der Waals surface area (Å²) in [5.41, 5.74) is 4.28. The molecule has 1 aliphatic carbocycles. The summed E-state index contributed by atoms with van der Waals surface area (Å²) in [6.45, 7) is 6.93. The molecule has 1 unspecified atom stereocenters. The van der Waals surface area contributed by atoms with Gasteiger partial charge in [-0.2, -0.15) is 0 Å². The zero-order valence-corrected chi connectivity index (χ0v) is 21.2. The minimum atomic E-state index is 0.108. The van der Waals surface area contributed by atoms with Crippen LogP contribution in [-0.2, 0) is 0 Å². The highest BCUT2D eigenvalue weighted by atomic mass is 16.2. The molecule has 0 radical (unpaired) electrons. The van der Waals surface area contributed by atoms with Gasteiger partial charge in [0.05, 0.1) is 17.1 Å². The van der Waals surface area contributed by atoms with E-state index in [2.05, 4.69) is 53.2 Å². The van der Waals surface area contributed by atoms with Gasteiger partial charge in [-0.3, -0.25) is 0 Å². The van der Waals surface area contributed by atoms with E-state index in [1.54, 1.807) is 0 Å². The topological polar surface area (TPSA) is 53.4 Å². The SMILES string of the molecule is CCCCN1c2nc3ccccc3n2C(=O)N(C2CCCCC2)CC1CCNc1ccccc1C. The molecule has 0 spiro atoms. The van der Waals surface area contributed by atoms with Crippen LogP contribution in [0.1, 0.15) is 63.9 Å². The lowest BCUT2D eigenvalue weighted by molar-refractivity contribution is 0.155. The van der Waals surface area contributed by atoms with Crippen molar-refractivity contribution in [2.75, 3.05) is 29.9 Å². The molecule has 1 aliphatic heterocycles. The first-order valence-corrected chi connectivity index (χ1v) is 13.5. The molecule has 1 aromatic heterocycles. The minimum absolute atomic E-state index is 0.108. The number of nitrogens with one attached hydrogen (secondary N) is 1. The number of carbonyl (C=O) groups is 1. The second kappa shape index (κ2) is 10.7. The van der Waals surface area contributed by atoms with Crippen LogP contribution in [0.5, 0.6) is 0 Å². The molecular formula is C29H39N5O. The molecule has 3 aromatic rings. The van der Waals surface area contributed by atoms with Gasteiger partial charge in [-0.15, -0.1) is 0 Å². The van der Waals surface area contributed by atoms with E-state index in [4.69, 9.17) is 4.98 Å². The van der Waals surface area contributed by atoms with Crippen LogP contribution in [0.25, 0.3) is 11.0 Å². The number of aromatic nitrogens is 2. The number of hydrogen-bond donors (Lipinski definition) is 1. The summed E-state index contributed by atoms with van der Waals surface area (Å²) in [4.78, 5) is 23.8. The molecule has 2 heterocycles. The Kier molecular flexibility index (Phi) is 7.26. The van der Waals surface area contributed by atoms with Crippen molar-refractivity contribution in [1.82, 2.24) is 14.5 Å². The van der Waals surface area contributed by atoms with Gasteiger partial charge in [0.1, 0.15) is 0 Å². The number of aryl methyl sites for hydroxylation is 1. The average molecular weight is 474 g/mol. The molecule has 6 nitrogen and oxygen atoms in total. The Labute approximate surface area is 209 Å². The predicted molar refractivity (Wildman–Crippen MR) is 144 cm³/mol. The number of unbranched alkanes of at least 4 members (excludes halogenated alkanes) is 1. The normalized spacial score (nSPS) is 19.1. The third-order valence-corrected chi connectivity index (χ3v) is 7.79. The number of para-hydroxylation sites is 3. The monoisotopic (exact) mass is 473 g/mol. The highest BCUT2D eigenvalue weighted by molar-refractivity contribution is 5.94. The van der Waals surface area contributed by atoms with Crippen LogP contribution in [0.15, 0.2) is 48.5 Å². The van der Waals surface area contributed by atoms with Gasteiger partial charge in [-0.1, -0.05) is 62.9 Å². The number of hydrogen-bond acceptors (Lipinski definition) is 4. The van der Waals surface area contributed by atoms with Crippen LogP contribution in [0.4, 0.5) is 16.4 Å². The Bertz CT molecular complexity index is 1150. The summed E-state index contributed by atoms with van der Waals surface area (Å²) in [5, 5.41) is 3.66. The number of benzene rings is 2. The van der Waals surface area contributed by atoms with Crippen molar-refractivity contribution in [2.45, 2.75) is 77.3 Å². The molecule has 1 fully saturated rings. The van der Waals surface area contributed by atoms with E-state index < -0.39 is 0 Å². The molecule has 35 heavy (non-hydrogen) atoms. The first-order valence-electron chi connectivity index (χ1n) is 13.5. The third kappa shape index (κ3) is 4.89. The molecule has 5 rings (SSSR count). The van der Waals surface area contributed by atoms with E-state index >= 15 is 0 Å². The molecule has 1 atom stereocenters. The van der Waals surface area contributed by atoms with Crippen molar-refractivity contribution < 1.29 is 4.79 Å². The first-order chi connectivity index (χ1) is 17.2. The number of nitrogens with zero attached hydrogens (tertiary/aromatic N) is 4. The Morgan fingerprint density at radius 3 is 2.60 bits per heavy atom. The number of amides is 1. The number of rotatable bonds is 8. The quantitative estimate of drug-likeness (QED) is 0.409. The second-order valence-corrected chi connectivity index (χ2v) is 10.2. The van der Waals surface area contributed by atoms with Crippen LogP contribution in [0.2, 0.25) is 0 Å². The maximum atomic E-state index is 14.1. The summed E-state index contributed by atoms with van der Waals surface area (Å²) in [6, 6.07) is 17.2. The zero-order valence-electron chi connectivity index (χ0n) is 21.2. The molecule has 2 aromatic carbocycles. The van der Waals surface area contributed by atoms with E-state index in [-0.39, 0.29) is 12.1 Å². The molecule has 1 N–H and O–H groups in total. The lowest BCUT2D eigenvalue weighted by Gasteiger charge is -2.37. The minimum Gasteiger partial charge on any atom is -0.385 e. The maximum absolute atomic E-state index is 14.1. The largest absolute Gasteiger partial charge is 0.385 e. The standard InChI is InChI=1S/C29H39N5O/c1-3-4-20-32-24(18-19-30-25-15-9-8-12-22(25)2)21-33(23-13-6-5-7-14-23)29(35)34-27-17-11-10-16-26(27)31-28(32)34/h8-12,15-17,23-24,30H,3-7,13-14,18-21H2,1-2H3. The van der Waals surface area contributed by atoms with Gasteiger partial charge in [0.15, 0.2) is 0 Å².